The normalized spacial score (nSPS) is 33.2. The van der Waals surface area contributed by atoms with Crippen LogP contribution in [0.4, 0.5) is 0 Å². The monoisotopic (exact) mass is 420 g/mol. The van der Waals surface area contributed by atoms with Crippen molar-refractivity contribution < 1.29 is 14.3 Å². The molecule has 1 aromatic carbocycles. The Kier molecular flexibility index (Phi) is 4.19. The molecule has 3 aliphatic rings. The van der Waals surface area contributed by atoms with Crippen LogP contribution in [0.15, 0.2) is 27.7 Å². The van der Waals surface area contributed by atoms with Crippen LogP contribution in [0.3, 0.4) is 0 Å². The van der Waals surface area contributed by atoms with Crippen LogP contribution in [0.5, 0.6) is 5.75 Å². The van der Waals surface area contributed by atoms with E-state index in [1.807, 2.05) is 25.2 Å². The highest BCUT2D eigenvalue weighted by Crippen LogP contribution is 2.59. The second kappa shape index (κ2) is 6.06. The van der Waals surface area contributed by atoms with Crippen LogP contribution in [0, 0.1) is 5.92 Å². The minimum atomic E-state index is -0.987. The molecule has 1 unspecified atom stereocenters. The van der Waals surface area contributed by atoms with E-state index in [0.29, 0.717) is 0 Å². The first-order valence-corrected chi connectivity index (χ1v) is 10.0. The number of carbonyl (C=O) groups excluding carboxylic acids is 1. The van der Waals surface area contributed by atoms with Gasteiger partial charge in [-0.25, -0.2) is 4.99 Å². The number of carbonyl (C=O) groups is 1. The first-order chi connectivity index (χ1) is 12.3. The van der Waals surface area contributed by atoms with E-state index in [0.717, 1.165) is 47.3 Å². The minimum Gasteiger partial charge on any atom is -0.483 e. The second-order valence-electron chi connectivity index (χ2n) is 7.87. The third-order valence-electron chi connectivity index (χ3n) is 6.13. The van der Waals surface area contributed by atoms with Crippen LogP contribution < -0.4 is 4.74 Å². The number of amidine groups is 1. The quantitative estimate of drug-likeness (QED) is 0.728. The molecule has 1 aromatic rings. The summed E-state index contributed by atoms with van der Waals surface area (Å²) in [6, 6.07) is 5.92. The van der Waals surface area contributed by atoms with Crippen LogP contribution in [0.1, 0.15) is 45.1 Å². The number of benzene rings is 1. The van der Waals surface area contributed by atoms with Crippen LogP contribution in [0.2, 0.25) is 0 Å². The maximum atomic E-state index is 13.6. The molecule has 1 saturated carbocycles. The number of rotatable bonds is 2. The molecule has 2 spiro atoms. The van der Waals surface area contributed by atoms with Gasteiger partial charge in [-0.1, -0.05) is 29.8 Å². The van der Waals surface area contributed by atoms with Gasteiger partial charge in [-0.3, -0.25) is 4.79 Å². The van der Waals surface area contributed by atoms with Gasteiger partial charge in [0.05, 0.1) is 6.10 Å². The summed E-state index contributed by atoms with van der Waals surface area (Å²) >= 11 is 3.56. The van der Waals surface area contributed by atoms with Crippen molar-refractivity contribution >= 4 is 27.7 Å². The van der Waals surface area contributed by atoms with E-state index in [1.54, 1.807) is 12.0 Å². The lowest BCUT2D eigenvalue weighted by molar-refractivity contribution is -0.140. The highest BCUT2D eigenvalue weighted by atomic mass is 79.9. The van der Waals surface area contributed by atoms with Gasteiger partial charge in [-0.15, -0.1) is 0 Å². The first kappa shape index (κ1) is 18.0. The van der Waals surface area contributed by atoms with Gasteiger partial charge in [-0.05, 0) is 43.9 Å². The summed E-state index contributed by atoms with van der Waals surface area (Å²) in [7, 11) is 3.59. The summed E-state index contributed by atoms with van der Waals surface area (Å²) in [5.41, 5.74) is -0.734. The van der Waals surface area contributed by atoms with E-state index < -0.39 is 11.1 Å². The number of amides is 1. The summed E-state index contributed by atoms with van der Waals surface area (Å²) in [6.07, 6.45) is 3.48. The number of nitrogens with zero attached hydrogens (tertiary/aromatic N) is 2. The summed E-state index contributed by atoms with van der Waals surface area (Å²) in [5.74, 6) is 1.81. The van der Waals surface area contributed by atoms with E-state index in [-0.39, 0.29) is 17.9 Å². The topological polar surface area (TPSA) is 51.1 Å². The average Bonchev–Trinajstić information content (AvgIpc) is 3.04. The third kappa shape index (κ3) is 2.24. The lowest BCUT2D eigenvalue weighted by Crippen LogP contribution is -2.57. The zero-order valence-corrected chi connectivity index (χ0v) is 17.3. The number of hydrogen-bond acceptors (Lipinski definition) is 4. The van der Waals surface area contributed by atoms with Crippen molar-refractivity contribution in [1.82, 2.24) is 4.90 Å². The maximum Gasteiger partial charge on any atom is 0.264 e. The molecule has 2 aliphatic heterocycles. The van der Waals surface area contributed by atoms with Gasteiger partial charge in [0.2, 0.25) is 5.54 Å². The van der Waals surface area contributed by atoms with Crippen LogP contribution >= 0.6 is 15.9 Å². The van der Waals surface area contributed by atoms with Crippen LogP contribution in [-0.4, -0.2) is 42.5 Å². The molecule has 6 heteroatoms. The van der Waals surface area contributed by atoms with E-state index in [2.05, 4.69) is 29.8 Å². The molecular formula is C20H25BrN2O3. The van der Waals surface area contributed by atoms with Crippen molar-refractivity contribution in [2.75, 3.05) is 14.2 Å². The summed E-state index contributed by atoms with van der Waals surface area (Å²) < 4.78 is 13.0. The summed E-state index contributed by atoms with van der Waals surface area (Å²) in [4.78, 5) is 20.5. The second-order valence-corrected chi connectivity index (χ2v) is 8.79. The van der Waals surface area contributed by atoms with Crippen molar-refractivity contribution in [3.05, 3.63) is 28.2 Å². The Morgan fingerprint density at radius 1 is 1.35 bits per heavy atom. The van der Waals surface area contributed by atoms with E-state index in [4.69, 9.17) is 14.5 Å². The number of halogens is 1. The molecule has 2 heterocycles. The Labute approximate surface area is 162 Å². The predicted molar refractivity (Wildman–Crippen MR) is 103 cm³/mol. The van der Waals surface area contributed by atoms with E-state index >= 15 is 0 Å². The Hall–Kier alpha value is -1.40. The molecular weight excluding hydrogens is 396 g/mol. The smallest absolute Gasteiger partial charge is 0.264 e. The van der Waals surface area contributed by atoms with Crippen LogP contribution in [0.25, 0.3) is 0 Å². The lowest BCUT2D eigenvalue weighted by Gasteiger charge is -2.43. The molecule has 5 nitrogen and oxygen atoms in total. The fourth-order valence-corrected chi connectivity index (χ4v) is 5.15. The number of likely N-dealkylation sites (N-methyl/N-ethyl adjacent to an activating group) is 1. The number of fused-ring (bicyclic) bond motifs is 3. The fraction of sp³-hybridized carbons (Fsp3) is 0.600. The molecule has 0 saturated heterocycles. The van der Waals surface area contributed by atoms with Crippen molar-refractivity contribution in [3.8, 4) is 5.75 Å². The molecule has 4 rings (SSSR count). The number of ether oxygens (including phenoxy) is 2. The summed E-state index contributed by atoms with van der Waals surface area (Å²) in [5, 5.41) is 0. The molecule has 1 aliphatic carbocycles. The number of aliphatic imine (C=N–C) groups is 1. The zero-order chi connectivity index (χ0) is 18.7. The summed E-state index contributed by atoms with van der Waals surface area (Å²) in [6.45, 7) is 4.15. The Morgan fingerprint density at radius 2 is 2.04 bits per heavy atom. The van der Waals surface area contributed by atoms with Gasteiger partial charge >= 0.3 is 0 Å². The van der Waals surface area contributed by atoms with E-state index in [9.17, 15) is 4.79 Å². The Bertz CT molecular complexity index is 783. The molecule has 1 amide bonds. The molecule has 0 bridgehead atoms. The molecule has 0 N–H and O–H groups in total. The highest BCUT2D eigenvalue weighted by Gasteiger charge is 2.69. The minimum absolute atomic E-state index is 0.0221. The first-order valence-electron chi connectivity index (χ1n) is 9.24. The van der Waals surface area contributed by atoms with Crippen molar-refractivity contribution in [2.45, 2.75) is 56.8 Å². The molecule has 0 radical (unpaired) electrons. The molecule has 140 valence electrons. The molecule has 26 heavy (non-hydrogen) atoms. The molecule has 1 fully saturated rings. The van der Waals surface area contributed by atoms with Crippen molar-refractivity contribution in [1.29, 1.82) is 0 Å². The van der Waals surface area contributed by atoms with Crippen molar-refractivity contribution in [2.24, 2.45) is 10.9 Å². The number of hydrogen-bond donors (Lipinski definition) is 0. The third-order valence-corrected chi connectivity index (χ3v) is 6.62. The van der Waals surface area contributed by atoms with Gasteiger partial charge in [-0.2, -0.15) is 0 Å². The lowest BCUT2D eigenvalue weighted by atomic mass is 9.68. The molecule has 0 aromatic heterocycles. The van der Waals surface area contributed by atoms with Crippen LogP contribution in [-0.2, 0) is 15.1 Å². The van der Waals surface area contributed by atoms with Gasteiger partial charge < -0.3 is 14.4 Å². The van der Waals surface area contributed by atoms with Gasteiger partial charge in [0, 0.05) is 30.1 Å². The highest BCUT2D eigenvalue weighted by molar-refractivity contribution is 9.10. The Morgan fingerprint density at radius 3 is 2.62 bits per heavy atom. The largest absolute Gasteiger partial charge is 0.483 e. The number of methoxy groups -OCH3 is 1. The average molecular weight is 421 g/mol. The maximum absolute atomic E-state index is 13.6. The van der Waals surface area contributed by atoms with Gasteiger partial charge in [0.15, 0.2) is 0 Å². The Balaban J connectivity index is 1.91. The molecule has 1 atom stereocenters. The zero-order valence-electron chi connectivity index (χ0n) is 15.7. The van der Waals surface area contributed by atoms with E-state index in [1.165, 1.54) is 0 Å². The van der Waals surface area contributed by atoms with Gasteiger partial charge in [0.1, 0.15) is 17.2 Å². The predicted octanol–water partition coefficient (Wildman–Crippen LogP) is 3.89. The van der Waals surface area contributed by atoms with Crippen molar-refractivity contribution in [3.63, 3.8) is 0 Å². The fourth-order valence-electron chi connectivity index (χ4n) is 4.79. The SMILES string of the molecule is COC1CCC2(CC1)Oc1ccc(Br)cc1C21N=C(C(C)C)N(C)C1=O. The van der Waals surface area contributed by atoms with Gasteiger partial charge in [0.25, 0.3) is 5.91 Å². The standard InChI is InChI=1S/C20H25BrN2O3/c1-12(2)17-22-20(18(24)23(17)3)15-11-13(21)5-6-16(15)26-19(20)9-7-14(25-4)8-10-19/h5-6,11-12,14H,7-10H2,1-4H3.